The standard InChI is InChI=1S/C20H27N5O3/c1-27-16-3-4-17(28-2)15(11-16)12-19(26)24-8-5-14(6-9-24)20-23-22-18-13-21-7-10-25(18)20/h3-4,11,14,21H,5-10,12-13H2,1-2H3. The predicted octanol–water partition coefficient (Wildman–Crippen LogP) is 1.35. The molecule has 1 amide bonds. The minimum Gasteiger partial charge on any atom is -0.497 e. The number of hydrogen-bond donors (Lipinski definition) is 1. The van der Waals surface area contributed by atoms with E-state index in [-0.39, 0.29) is 5.91 Å². The van der Waals surface area contributed by atoms with Crippen molar-refractivity contribution >= 4 is 5.91 Å². The number of rotatable bonds is 5. The highest BCUT2D eigenvalue weighted by atomic mass is 16.5. The van der Waals surface area contributed by atoms with Gasteiger partial charge in [-0.05, 0) is 31.0 Å². The van der Waals surface area contributed by atoms with Crippen LogP contribution >= 0.6 is 0 Å². The molecule has 2 aliphatic heterocycles. The van der Waals surface area contributed by atoms with Gasteiger partial charge >= 0.3 is 0 Å². The fourth-order valence-electron chi connectivity index (χ4n) is 4.10. The smallest absolute Gasteiger partial charge is 0.227 e. The van der Waals surface area contributed by atoms with Crippen LogP contribution in [0.15, 0.2) is 18.2 Å². The number of nitrogens with one attached hydrogen (secondary N) is 1. The van der Waals surface area contributed by atoms with Gasteiger partial charge in [-0.25, -0.2) is 0 Å². The zero-order valence-corrected chi connectivity index (χ0v) is 16.5. The minimum atomic E-state index is 0.123. The highest BCUT2D eigenvalue weighted by molar-refractivity contribution is 5.79. The Morgan fingerprint density at radius 1 is 1.18 bits per heavy atom. The summed E-state index contributed by atoms with van der Waals surface area (Å²) in [4.78, 5) is 14.8. The van der Waals surface area contributed by atoms with Gasteiger partial charge in [0, 0.05) is 37.7 Å². The molecule has 4 rings (SSSR count). The van der Waals surface area contributed by atoms with Gasteiger partial charge in [-0.2, -0.15) is 0 Å². The van der Waals surface area contributed by atoms with Crippen LogP contribution in [0.5, 0.6) is 11.5 Å². The fourth-order valence-corrected chi connectivity index (χ4v) is 4.10. The third-order valence-electron chi connectivity index (χ3n) is 5.69. The van der Waals surface area contributed by atoms with E-state index in [4.69, 9.17) is 9.47 Å². The maximum atomic E-state index is 12.8. The number of methoxy groups -OCH3 is 2. The van der Waals surface area contributed by atoms with Crippen LogP contribution in [-0.4, -0.2) is 59.4 Å². The summed E-state index contributed by atoms with van der Waals surface area (Å²) in [6.07, 6.45) is 2.16. The lowest BCUT2D eigenvalue weighted by Crippen LogP contribution is -2.39. The fraction of sp³-hybridized carbons (Fsp3) is 0.550. The van der Waals surface area contributed by atoms with Crippen molar-refractivity contribution in [1.82, 2.24) is 25.0 Å². The maximum Gasteiger partial charge on any atom is 0.227 e. The van der Waals surface area contributed by atoms with Crippen LogP contribution in [0.4, 0.5) is 0 Å². The van der Waals surface area contributed by atoms with Crippen LogP contribution in [0.25, 0.3) is 0 Å². The number of benzene rings is 1. The Bertz CT molecular complexity index is 842. The molecule has 1 aromatic heterocycles. The SMILES string of the molecule is COc1ccc(OC)c(CC(=O)N2CCC(c3nnc4n3CCNC4)CC2)c1. The first-order valence-corrected chi connectivity index (χ1v) is 9.81. The molecule has 0 saturated carbocycles. The largest absolute Gasteiger partial charge is 0.497 e. The molecule has 150 valence electrons. The van der Waals surface area contributed by atoms with E-state index in [1.807, 2.05) is 23.1 Å². The Morgan fingerprint density at radius 3 is 2.75 bits per heavy atom. The second-order valence-electron chi connectivity index (χ2n) is 7.31. The summed E-state index contributed by atoms with van der Waals surface area (Å²) in [6, 6.07) is 5.56. The van der Waals surface area contributed by atoms with Crippen LogP contribution in [-0.2, 0) is 24.3 Å². The molecule has 3 heterocycles. The van der Waals surface area contributed by atoms with E-state index in [0.717, 1.165) is 68.5 Å². The Hall–Kier alpha value is -2.61. The van der Waals surface area contributed by atoms with E-state index in [0.29, 0.717) is 18.1 Å². The number of nitrogens with zero attached hydrogens (tertiary/aromatic N) is 4. The first-order valence-electron chi connectivity index (χ1n) is 9.81. The monoisotopic (exact) mass is 385 g/mol. The number of piperidine rings is 1. The summed E-state index contributed by atoms with van der Waals surface area (Å²) in [6.45, 7) is 4.16. The van der Waals surface area contributed by atoms with Crippen molar-refractivity contribution in [3.05, 3.63) is 35.4 Å². The Labute approximate surface area is 164 Å². The van der Waals surface area contributed by atoms with Gasteiger partial charge < -0.3 is 24.3 Å². The number of likely N-dealkylation sites (tertiary alicyclic amines) is 1. The molecule has 2 aliphatic rings. The van der Waals surface area contributed by atoms with Gasteiger partial charge in [0.2, 0.25) is 5.91 Å². The molecule has 0 spiro atoms. The van der Waals surface area contributed by atoms with E-state index in [9.17, 15) is 4.79 Å². The van der Waals surface area contributed by atoms with Gasteiger partial charge in [0.25, 0.3) is 0 Å². The summed E-state index contributed by atoms with van der Waals surface area (Å²) in [5.74, 6) is 4.04. The molecule has 8 nitrogen and oxygen atoms in total. The second-order valence-corrected chi connectivity index (χ2v) is 7.31. The number of fused-ring (bicyclic) bond motifs is 1. The van der Waals surface area contributed by atoms with Crippen LogP contribution in [0.2, 0.25) is 0 Å². The molecular weight excluding hydrogens is 358 g/mol. The lowest BCUT2D eigenvalue weighted by Gasteiger charge is -2.32. The number of amides is 1. The van der Waals surface area contributed by atoms with E-state index in [1.165, 1.54) is 0 Å². The zero-order chi connectivity index (χ0) is 19.5. The zero-order valence-electron chi connectivity index (χ0n) is 16.5. The van der Waals surface area contributed by atoms with Crippen molar-refractivity contribution in [2.75, 3.05) is 33.9 Å². The van der Waals surface area contributed by atoms with Crippen molar-refractivity contribution < 1.29 is 14.3 Å². The number of carbonyl (C=O) groups excluding carboxylic acids is 1. The number of hydrogen-bond acceptors (Lipinski definition) is 6. The number of carbonyl (C=O) groups is 1. The predicted molar refractivity (Wildman–Crippen MR) is 104 cm³/mol. The maximum absolute atomic E-state index is 12.8. The molecule has 1 fully saturated rings. The van der Waals surface area contributed by atoms with Gasteiger partial charge in [-0.3, -0.25) is 4.79 Å². The second kappa shape index (κ2) is 8.18. The normalized spacial score (nSPS) is 17.3. The van der Waals surface area contributed by atoms with E-state index < -0.39 is 0 Å². The topological polar surface area (TPSA) is 81.5 Å². The summed E-state index contributed by atoms with van der Waals surface area (Å²) in [5, 5.41) is 12.1. The van der Waals surface area contributed by atoms with E-state index >= 15 is 0 Å². The third-order valence-corrected chi connectivity index (χ3v) is 5.69. The van der Waals surface area contributed by atoms with Gasteiger partial charge in [-0.15, -0.1) is 10.2 Å². The van der Waals surface area contributed by atoms with Gasteiger partial charge in [0.05, 0.1) is 27.2 Å². The molecule has 8 heteroatoms. The molecule has 1 N–H and O–H groups in total. The average molecular weight is 385 g/mol. The van der Waals surface area contributed by atoms with Crippen LogP contribution in [0.1, 0.15) is 36.0 Å². The quantitative estimate of drug-likeness (QED) is 0.837. The van der Waals surface area contributed by atoms with Crippen molar-refractivity contribution in [2.45, 2.75) is 38.3 Å². The van der Waals surface area contributed by atoms with Gasteiger partial charge in [0.15, 0.2) is 0 Å². The van der Waals surface area contributed by atoms with Crippen molar-refractivity contribution in [3.63, 3.8) is 0 Å². The van der Waals surface area contributed by atoms with Crippen molar-refractivity contribution in [1.29, 1.82) is 0 Å². The molecule has 0 bridgehead atoms. The molecular formula is C20H27N5O3. The Morgan fingerprint density at radius 2 is 2.00 bits per heavy atom. The highest BCUT2D eigenvalue weighted by Crippen LogP contribution is 2.29. The summed E-state index contributed by atoms with van der Waals surface area (Å²) >= 11 is 0. The first kappa shape index (κ1) is 18.7. The Balaban J connectivity index is 1.39. The molecule has 28 heavy (non-hydrogen) atoms. The van der Waals surface area contributed by atoms with Crippen LogP contribution in [0.3, 0.4) is 0 Å². The van der Waals surface area contributed by atoms with E-state index in [1.54, 1.807) is 14.2 Å². The highest BCUT2D eigenvalue weighted by Gasteiger charge is 2.29. The number of aromatic nitrogens is 3. The molecule has 1 saturated heterocycles. The van der Waals surface area contributed by atoms with Crippen molar-refractivity contribution in [2.24, 2.45) is 0 Å². The molecule has 0 unspecified atom stereocenters. The molecule has 0 aliphatic carbocycles. The third kappa shape index (κ3) is 3.69. The minimum absolute atomic E-state index is 0.123. The van der Waals surface area contributed by atoms with Crippen LogP contribution < -0.4 is 14.8 Å². The lowest BCUT2D eigenvalue weighted by molar-refractivity contribution is -0.131. The first-order chi connectivity index (χ1) is 13.7. The molecule has 2 aromatic rings. The van der Waals surface area contributed by atoms with Gasteiger partial charge in [-0.1, -0.05) is 0 Å². The van der Waals surface area contributed by atoms with Crippen LogP contribution in [0, 0.1) is 0 Å². The van der Waals surface area contributed by atoms with Gasteiger partial charge in [0.1, 0.15) is 23.1 Å². The number of ether oxygens (including phenoxy) is 2. The van der Waals surface area contributed by atoms with E-state index in [2.05, 4.69) is 20.1 Å². The lowest BCUT2D eigenvalue weighted by atomic mass is 9.95. The summed E-state index contributed by atoms with van der Waals surface area (Å²) in [5.41, 5.74) is 0.855. The molecule has 0 radical (unpaired) electrons. The molecule has 0 atom stereocenters. The Kier molecular flexibility index (Phi) is 5.47. The van der Waals surface area contributed by atoms with Crippen molar-refractivity contribution in [3.8, 4) is 11.5 Å². The summed E-state index contributed by atoms with van der Waals surface area (Å²) in [7, 11) is 3.24. The average Bonchev–Trinajstić information content (AvgIpc) is 3.18. The summed E-state index contributed by atoms with van der Waals surface area (Å²) < 4.78 is 12.9. The molecule has 1 aromatic carbocycles.